The molecule has 1 aliphatic carbocycles. The molecular weight excluding hydrogens is 405 g/mol. The molecule has 4 rings (SSSR count). The van der Waals surface area contributed by atoms with Crippen molar-refractivity contribution < 1.29 is 19.0 Å². The number of amides is 1. The molecule has 1 amide bonds. The maximum atomic E-state index is 13.3. The van der Waals surface area contributed by atoms with E-state index in [4.69, 9.17) is 0 Å². The summed E-state index contributed by atoms with van der Waals surface area (Å²) in [6.45, 7) is 4.38. The number of hydrogen-bond donors (Lipinski definition) is 1. The highest BCUT2D eigenvalue weighted by atomic mass is 32.2. The van der Waals surface area contributed by atoms with Gasteiger partial charge in [-0.05, 0) is 61.7 Å². The number of sulfonamides is 1. The van der Waals surface area contributed by atoms with Crippen molar-refractivity contribution in [3.63, 3.8) is 0 Å². The van der Waals surface area contributed by atoms with E-state index < -0.39 is 10.0 Å². The highest BCUT2D eigenvalue weighted by Gasteiger charge is 2.50. The second-order valence-electron chi connectivity index (χ2n) is 7.90. The van der Waals surface area contributed by atoms with Crippen LogP contribution in [-0.2, 0) is 15.6 Å². The monoisotopic (exact) mass is 433 g/mol. The number of rotatable bonds is 6. The SMILES string of the molecule is CCS(=O)(=O)Nc1ccc(C(=O)N2CCN(C3(c4ccc(F)cc4)CC3)CC2)cc1.[HH]. The first kappa shape index (κ1) is 20.8. The lowest BCUT2D eigenvalue weighted by Crippen LogP contribution is -2.52. The second-order valence-corrected chi connectivity index (χ2v) is 9.91. The molecule has 2 aliphatic rings. The number of piperazine rings is 1. The van der Waals surface area contributed by atoms with E-state index in [-0.39, 0.29) is 24.4 Å². The summed E-state index contributed by atoms with van der Waals surface area (Å²) in [4.78, 5) is 17.1. The van der Waals surface area contributed by atoms with Gasteiger partial charge in [-0.3, -0.25) is 14.4 Å². The maximum absolute atomic E-state index is 13.3. The normalized spacial score (nSPS) is 18.8. The summed E-state index contributed by atoms with van der Waals surface area (Å²) in [6.07, 6.45) is 2.11. The highest BCUT2D eigenvalue weighted by Crippen LogP contribution is 2.51. The van der Waals surface area contributed by atoms with Gasteiger partial charge in [0.2, 0.25) is 10.0 Å². The second kappa shape index (κ2) is 8.00. The van der Waals surface area contributed by atoms with Gasteiger partial charge in [0, 0.05) is 44.4 Å². The van der Waals surface area contributed by atoms with Crippen molar-refractivity contribution in [3.8, 4) is 0 Å². The van der Waals surface area contributed by atoms with E-state index in [0.717, 1.165) is 31.5 Å². The van der Waals surface area contributed by atoms with Crippen molar-refractivity contribution in [2.75, 3.05) is 36.7 Å². The Morgan fingerprint density at radius 1 is 1.03 bits per heavy atom. The Balaban J connectivity index is 0.00000272. The van der Waals surface area contributed by atoms with Crippen LogP contribution < -0.4 is 4.72 Å². The van der Waals surface area contributed by atoms with Gasteiger partial charge in [0.25, 0.3) is 5.91 Å². The fraction of sp³-hybridized carbons (Fsp3) is 0.409. The first-order valence-electron chi connectivity index (χ1n) is 10.2. The lowest BCUT2D eigenvalue weighted by molar-refractivity contribution is 0.0531. The minimum Gasteiger partial charge on any atom is -0.336 e. The van der Waals surface area contributed by atoms with E-state index in [1.165, 1.54) is 12.1 Å². The topological polar surface area (TPSA) is 69.7 Å². The van der Waals surface area contributed by atoms with E-state index in [0.29, 0.717) is 24.3 Å². The molecule has 8 heteroatoms. The fourth-order valence-electron chi connectivity index (χ4n) is 4.12. The Kier molecular flexibility index (Phi) is 5.55. The Morgan fingerprint density at radius 2 is 1.63 bits per heavy atom. The number of nitrogens with zero attached hydrogens (tertiary/aromatic N) is 2. The van der Waals surface area contributed by atoms with E-state index in [1.54, 1.807) is 31.2 Å². The summed E-state index contributed by atoms with van der Waals surface area (Å²) in [5.74, 6) is -0.276. The van der Waals surface area contributed by atoms with Crippen LogP contribution in [0.5, 0.6) is 0 Å². The van der Waals surface area contributed by atoms with Crippen LogP contribution in [0.15, 0.2) is 48.5 Å². The van der Waals surface area contributed by atoms with Crippen LogP contribution in [0, 0.1) is 5.82 Å². The van der Waals surface area contributed by atoms with Gasteiger partial charge < -0.3 is 4.90 Å². The lowest BCUT2D eigenvalue weighted by atomic mass is 10.0. The zero-order valence-corrected chi connectivity index (χ0v) is 17.8. The molecule has 0 spiro atoms. The van der Waals surface area contributed by atoms with Gasteiger partial charge >= 0.3 is 0 Å². The van der Waals surface area contributed by atoms with Crippen LogP contribution in [0.1, 0.15) is 37.1 Å². The van der Waals surface area contributed by atoms with Crippen molar-refractivity contribution in [3.05, 3.63) is 65.5 Å². The third-order valence-corrected chi connectivity index (χ3v) is 7.37. The van der Waals surface area contributed by atoms with Gasteiger partial charge in [-0.1, -0.05) is 12.1 Å². The summed E-state index contributed by atoms with van der Waals surface area (Å²) in [7, 11) is -3.34. The molecule has 1 saturated heterocycles. The number of hydrogen-bond acceptors (Lipinski definition) is 4. The highest BCUT2D eigenvalue weighted by molar-refractivity contribution is 7.92. The van der Waals surface area contributed by atoms with Gasteiger partial charge in [-0.25, -0.2) is 12.8 Å². The van der Waals surface area contributed by atoms with E-state index in [9.17, 15) is 17.6 Å². The van der Waals surface area contributed by atoms with Crippen LogP contribution in [-0.4, -0.2) is 56.1 Å². The zero-order valence-electron chi connectivity index (χ0n) is 17.0. The molecule has 6 nitrogen and oxygen atoms in total. The van der Waals surface area contributed by atoms with E-state index in [1.807, 2.05) is 17.0 Å². The quantitative estimate of drug-likeness (QED) is 0.759. The van der Waals surface area contributed by atoms with Crippen LogP contribution in [0.4, 0.5) is 10.1 Å². The van der Waals surface area contributed by atoms with Crippen LogP contribution in [0.25, 0.3) is 0 Å². The Morgan fingerprint density at radius 3 is 2.17 bits per heavy atom. The summed E-state index contributed by atoms with van der Waals surface area (Å²) in [6, 6.07) is 13.3. The van der Waals surface area contributed by atoms with Crippen molar-refractivity contribution in [1.29, 1.82) is 0 Å². The first-order chi connectivity index (χ1) is 14.3. The zero-order chi connectivity index (χ0) is 21.4. The van der Waals surface area contributed by atoms with E-state index >= 15 is 0 Å². The van der Waals surface area contributed by atoms with Crippen LogP contribution >= 0.6 is 0 Å². The third-order valence-electron chi connectivity index (χ3n) is 6.06. The molecule has 0 radical (unpaired) electrons. The first-order valence-corrected chi connectivity index (χ1v) is 11.9. The Labute approximate surface area is 178 Å². The molecule has 1 N–H and O–H groups in total. The van der Waals surface area contributed by atoms with Crippen molar-refractivity contribution in [2.45, 2.75) is 25.3 Å². The largest absolute Gasteiger partial charge is 0.336 e. The molecular formula is C22H28FN3O3S. The summed E-state index contributed by atoms with van der Waals surface area (Å²) in [5, 5.41) is 0. The standard InChI is InChI=1S/C22H26FN3O3S.H2/c1-2-30(28,29)24-20-9-3-17(4-10-20)21(27)25-13-15-26(16-14-25)22(11-12-22)18-5-7-19(23)8-6-18;/h3-10,24H,2,11-16H2,1H3;1H. The number of carbonyl (C=O) groups is 1. The van der Waals surface area contributed by atoms with Crippen molar-refractivity contribution >= 4 is 21.6 Å². The molecule has 2 aromatic rings. The molecule has 0 bridgehead atoms. The molecule has 162 valence electrons. The number of nitrogens with one attached hydrogen (secondary N) is 1. The number of anilines is 1. The molecule has 0 atom stereocenters. The van der Waals surface area contributed by atoms with Crippen molar-refractivity contribution in [2.24, 2.45) is 0 Å². The summed E-state index contributed by atoms with van der Waals surface area (Å²) >= 11 is 0. The third kappa shape index (κ3) is 4.20. The lowest BCUT2D eigenvalue weighted by Gasteiger charge is -2.40. The van der Waals surface area contributed by atoms with Gasteiger partial charge in [-0.2, -0.15) is 0 Å². The molecule has 1 saturated carbocycles. The van der Waals surface area contributed by atoms with E-state index in [2.05, 4.69) is 9.62 Å². The smallest absolute Gasteiger partial charge is 0.253 e. The number of carbonyl (C=O) groups excluding carboxylic acids is 1. The van der Waals surface area contributed by atoms with Crippen molar-refractivity contribution in [1.82, 2.24) is 9.80 Å². The molecule has 30 heavy (non-hydrogen) atoms. The molecule has 0 aromatic heterocycles. The molecule has 2 fully saturated rings. The Bertz CT molecular complexity index is 1020. The van der Waals surface area contributed by atoms with Crippen LogP contribution in [0.3, 0.4) is 0 Å². The van der Waals surface area contributed by atoms with Gasteiger partial charge in [0.1, 0.15) is 5.82 Å². The number of benzene rings is 2. The molecule has 1 heterocycles. The Hall–Kier alpha value is -2.45. The molecule has 1 aliphatic heterocycles. The van der Waals surface area contributed by atoms with Crippen LogP contribution in [0.2, 0.25) is 0 Å². The van der Waals surface area contributed by atoms with Gasteiger partial charge in [0.05, 0.1) is 5.75 Å². The number of halogens is 1. The fourth-order valence-corrected chi connectivity index (χ4v) is 4.76. The summed E-state index contributed by atoms with van der Waals surface area (Å²) < 4.78 is 39.1. The average Bonchev–Trinajstić information content (AvgIpc) is 3.56. The van der Waals surface area contributed by atoms with Gasteiger partial charge in [-0.15, -0.1) is 0 Å². The average molecular weight is 434 g/mol. The molecule has 0 unspecified atom stereocenters. The minimum atomic E-state index is -3.34. The molecule has 2 aromatic carbocycles. The maximum Gasteiger partial charge on any atom is 0.253 e. The summed E-state index contributed by atoms with van der Waals surface area (Å²) in [5.41, 5.74) is 2.13. The predicted octanol–water partition coefficient (Wildman–Crippen LogP) is 3.28. The minimum absolute atomic E-state index is 0. The van der Waals surface area contributed by atoms with Gasteiger partial charge in [0.15, 0.2) is 0 Å². The predicted molar refractivity (Wildman–Crippen MR) is 116 cm³/mol.